The summed E-state index contributed by atoms with van der Waals surface area (Å²) in [5.41, 5.74) is 8.20. The SMILES string of the molecule is NC(=S)NN=Cc1cccc(Oc2nnc(C(F)(F)F)s2)c1. The van der Waals surface area contributed by atoms with E-state index in [9.17, 15) is 13.2 Å². The molecule has 116 valence electrons. The van der Waals surface area contributed by atoms with E-state index in [1.165, 1.54) is 6.21 Å². The van der Waals surface area contributed by atoms with E-state index in [2.05, 4.69) is 32.9 Å². The number of ether oxygens (including phenoxy) is 1. The minimum absolute atomic E-state index is 0.0113. The van der Waals surface area contributed by atoms with Gasteiger partial charge in [-0.25, -0.2) is 0 Å². The molecule has 1 heterocycles. The lowest BCUT2D eigenvalue weighted by Gasteiger charge is -2.02. The molecule has 6 nitrogen and oxygen atoms in total. The van der Waals surface area contributed by atoms with Crippen molar-refractivity contribution in [1.29, 1.82) is 0 Å². The Morgan fingerprint density at radius 2 is 2.18 bits per heavy atom. The van der Waals surface area contributed by atoms with Gasteiger partial charge in [-0.3, -0.25) is 5.43 Å². The Bertz CT molecular complexity index is 701. The Balaban J connectivity index is 2.08. The second-order valence-corrected chi connectivity index (χ2v) is 5.16. The number of nitrogens with two attached hydrogens (primary N) is 1. The van der Waals surface area contributed by atoms with Crippen molar-refractivity contribution >= 4 is 34.9 Å². The average Bonchev–Trinajstić information content (AvgIpc) is 2.87. The van der Waals surface area contributed by atoms with Crippen LogP contribution in [0.15, 0.2) is 29.4 Å². The van der Waals surface area contributed by atoms with E-state index < -0.39 is 11.2 Å². The van der Waals surface area contributed by atoms with Crippen LogP contribution in [0.4, 0.5) is 13.2 Å². The number of nitrogens with one attached hydrogen (secondary N) is 1. The van der Waals surface area contributed by atoms with Gasteiger partial charge >= 0.3 is 6.18 Å². The number of hydrogen-bond acceptors (Lipinski definition) is 6. The molecule has 22 heavy (non-hydrogen) atoms. The molecule has 1 aromatic carbocycles. The lowest BCUT2D eigenvalue weighted by atomic mass is 10.2. The van der Waals surface area contributed by atoms with Crippen molar-refractivity contribution in [2.45, 2.75) is 6.18 Å². The molecule has 0 aliphatic heterocycles. The van der Waals surface area contributed by atoms with Crippen molar-refractivity contribution in [3.05, 3.63) is 34.8 Å². The van der Waals surface area contributed by atoms with Crippen molar-refractivity contribution in [1.82, 2.24) is 15.6 Å². The van der Waals surface area contributed by atoms with Crippen molar-refractivity contribution in [3.8, 4) is 10.9 Å². The topological polar surface area (TPSA) is 85.4 Å². The predicted molar refractivity (Wildman–Crippen MR) is 78.9 cm³/mol. The number of halogens is 3. The maximum atomic E-state index is 12.4. The lowest BCUT2D eigenvalue weighted by molar-refractivity contribution is -0.138. The average molecular weight is 347 g/mol. The van der Waals surface area contributed by atoms with Gasteiger partial charge in [-0.1, -0.05) is 28.6 Å². The van der Waals surface area contributed by atoms with Gasteiger partial charge in [-0.2, -0.15) is 18.3 Å². The first kappa shape index (κ1) is 16.1. The summed E-state index contributed by atoms with van der Waals surface area (Å²) in [7, 11) is 0. The zero-order chi connectivity index (χ0) is 16.2. The van der Waals surface area contributed by atoms with Crippen LogP contribution in [-0.4, -0.2) is 21.5 Å². The quantitative estimate of drug-likeness (QED) is 0.502. The highest BCUT2D eigenvalue weighted by molar-refractivity contribution is 7.80. The first-order chi connectivity index (χ1) is 10.3. The number of rotatable bonds is 4. The van der Waals surface area contributed by atoms with Gasteiger partial charge in [0.15, 0.2) is 5.11 Å². The third-order valence-electron chi connectivity index (χ3n) is 2.10. The summed E-state index contributed by atoms with van der Waals surface area (Å²) >= 11 is 4.89. The standard InChI is InChI=1S/C11H8F3N5OS2/c12-11(13,14)8-17-19-10(22-8)20-7-3-1-2-6(4-7)5-16-18-9(15)21/h1-5H,(H3,15,18,21). The Morgan fingerprint density at radius 1 is 1.41 bits per heavy atom. The van der Waals surface area contributed by atoms with Crippen LogP contribution in [-0.2, 0) is 6.18 Å². The summed E-state index contributed by atoms with van der Waals surface area (Å²) in [5, 5.41) is 8.86. The molecule has 0 radical (unpaired) electrons. The van der Waals surface area contributed by atoms with Gasteiger partial charge in [0.1, 0.15) is 5.75 Å². The molecule has 0 amide bonds. The van der Waals surface area contributed by atoms with E-state index in [0.29, 0.717) is 22.6 Å². The molecular weight excluding hydrogens is 339 g/mol. The molecule has 0 aliphatic rings. The number of nitrogens with zero attached hydrogens (tertiary/aromatic N) is 3. The third kappa shape index (κ3) is 4.63. The minimum atomic E-state index is -4.54. The number of alkyl halides is 3. The summed E-state index contributed by atoms with van der Waals surface area (Å²) in [4.78, 5) is 0. The fourth-order valence-corrected chi connectivity index (χ4v) is 1.93. The van der Waals surface area contributed by atoms with E-state index in [1.807, 2.05) is 0 Å². The van der Waals surface area contributed by atoms with E-state index in [0.717, 1.165) is 0 Å². The molecule has 0 atom stereocenters. The number of hydrazone groups is 1. The van der Waals surface area contributed by atoms with E-state index in [4.69, 9.17) is 10.5 Å². The zero-order valence-corrected chi connectivity index (χ0v) is 12.3. The Morgan fingerprint density at radius 3 is 2.82 bits per heavy atom. The van der Waals surface area contributed by atoms with Crippen molar-refractivity contribution in [3.63, 3.8) is 0 Å². The van der Waals surface area contributed by atoms with Crippen LogP contribution in [0.5, 0.6) is 10.9 Å². The van der Waals surface area contributed by atoms with Gasteiger partial charge in [0.05, 0.1) is 6.21 Å². The first-order valence-electron chi connectivity index (χ1n) is 5.62. The zero-order valence-electron chi connectivity index (χ0n) is 10.7. The monoisotopic (exact) mass is 347 g/mol. The molecule has 11 heteroatoms. The third-order valence-corrected chi connectivity index (χ3v) is 3.04. The summed E-state index contributed by atoms with van der Waals surface area (Å²) in [5.74, 6) is 0.296. The lowest BCUT2D eigenvalue weighted by Crippen LogP contribution is -2.23. The largest absolute Gasteiger partial charge is 0.445 e. The molecule has 0 bridgehead atoms. The highest BCUT2D eigenvalue weighted by Gasteiger charge is 2.36. The highest BCUT2D eigenvalue weighted by Crippen LogP contribution is 2.35. The number of aromatic nitrogens is 2. The smallest absolute Gasteiger partial charge is 0.430 e. The molecule has 0 saturated carbocycles. The molecule has 3 N–H and O–H groups in total. The summed E-state index contributed by atoms with van der Waals surface area (Å²) in [6, 6.07) is 6.47. The Kier molecular flexibility index (Phi) is 4.88. The van der Waals surface area contributed by atoms with Crippen molar-refractivity contribution in [2.75, 3.05) is 0 Å². The van der Waals surface area contributed by atoms with Crippen LogP contribution in [0.3, 0.4) is 0 Å². The Hall–Kier alpha value is -2.27. The molecule has 0 unspecified atom stereocenters. The van der Waals surface area contributed by atoms with Crippen molar-refractivity contribution in [2.24, 2.45) is 10.8 Å². The van der Waals surface area contributed by atoms with Crippen LogP contribution in [0.2, 0.25) is 0 Å². The van der Waals surface area contributed by atoms with Crippen LogP contribution in [0.25, 0.3) is 0 Å². The van der Waals surface area contributed by atoms with E-state index in [-0.39, 0.29) is 10.3 Å². The molecule has 2 aromatic rings. The minimum Gasteiger partial charge on any atom is -0.430 e. The number of thiocarbonyl (C=S) groups is 1. The fourth-order valence-electron chi connectivity index (χ4n) is 1.30. The van der Waals surface area contributed by atoms with Gasteiger partial charge in [0, 0.05) is 0 Å². The molecule has 0 aliphatic carbocycles. The van der Waals surface area contributed by atoms with E-state index >= 15 is 0 Å². The Labute approximate surface area is 131 Å². The van der Waals surface area contributed by atoms with Crippen LogP contribution >= 0.6 is 23.6 Å². The van der Waals surface area contributed by atoms with Gasteiger partial charge < -0.3 is 10.5 Å². The number of hydrogen-bond donors (Lipinski definition) is 2. The van der Waals surface area contributed by atoms with Crippen LogP contribution < -0.4 is 15.9 Å². The summed E-state index contributed by atoms with van der Waals surface area (Å²) < 4.78 is 42.5. The summed E-state index contributed by atoms with van der Waals surface area (Å²) in [6.07, 6.45) is -3.12. The molecule has 0 spiro atoms. The van der Waals surface area contributed by atoms with Gasteiger partial charge in [-0.15, -0.1) is 5.10 Å². The molecule has 2 rings (SSSR count). The van der Waals surface area contributed by atoms with Crippen LogP contribution in [0, 0.1) is 0 Å². The molecule has 1 aromatic heterocycles. The normalized spacial score (nSPS) is 11.6. The first-order valence-corrected chi connectivity index (χ1v) is 6.84. The maximum Gasteiger partial charge on any atom is 0.445 e. The molecule has 0 fully saturated rings. The molecular formula is C11H8F3N5OS2. The van der Waals surface area contributed by atoms with Gasteiger partial charge in [0.2, 0.25) is 5.01 Å². The second-order valence-electron chi connectivity index (χ2n) is 3.78. The van der Waals surface area contributed by atoms with Crippen LogP contribution in [0.1, 0.15) is 10.6 Å². The maximum absolute atomic E-state index is 12.4. The fraction of sp³-hybridized carbons (Fsp3) is 0.0909. The second kappa shape index (κ2) is 6.66. The van der Waals surface area contributed by atoms with Gasteiger partial charge in [0.25, 0.3) is 5.19 Å². The molecule has 0 saturated heterocycles. The highest BCUT2D eigenvalue weighted by atomic mass is 32.1. The summed E-state index contributed by atoms with van der Waals surface area (Å²) in [6.45, 7) is 0. The number of benzene rings is 1. The predicted octanol–water partition coefficient (Wildman–Crippen LogP) is 2.52. The van der Waals surface area contributed by atoms with Crippen molar-refractivity contribution < 1.29 is 17.9 Å². The van der Waals surface area contributed by atoms with Gasteiger partial charge in [-0.05, 0) is 29.9 Å². The van der Waals surface area contributed by atoms with E-state index in [1.54, 1.807) is 24.3 Å².